The van der Waals surface area contributed by atoms with Crippen molar-refractivity contribution in [3.8, 4) is 5.75 Å². The van der Waals surface area contributed by atoms with Gasteiger partial charge in [-0.05, 0) is 101 Å². The number of hydrogen-bond acceptors (Lipinski definition) is 4. The third-order valence-electron chi connectivity index (χ3n) is 8.55. The van der Waals surface area contributed by atoms with Gasteiger partial charge in [-0.1, -0.05) is 86.1 Å². The van der Waals surface area contributed by atoms with Crippen molar-refractivity contribution in [1.29, 1.82) is 0 Å². The monoisotopic (exact) mass is 556 g/mol. The summed E-state index contributed by atoms with van der Waals surface area (Å²) in [5.41, 5.74) is 4.29. The van der Waals surface area contributed by atoms with Gasteiger partial charge in [0.05, 0.1) is 0 Å². The zero-order valence-electron chi connectivity index (χ0n) is 24.7. The first-order chi connectivity index (χ1) is 17.8. The number of rotatable bonds is 6. The van der Waals surface area contributed by atoms with Gasteiger partial charge in [-0.2, -0.15) is 8.42 Å². The molecule has 4 rings (SSSR count). The van der Waals surface area contributed by atoms with Gasteiger partial charge in [-0.25, -0.2) is 0 Å². The van der Waals surface area contributed by atoms with E-state index in [0.29, 0.717) is 17.6 Å². The summed E-state index contributed by atoms with van der Waals surface area (Å²) in [6.07, 6.45) is 14.5. The van der Waals surface area contributed by atoms with Gasteiger partial charge < -0.3 is 4.18 Å². The second-order valence-corrected chi connectivity index (χ2v) is 16.0. The van der Waals surface area contributed by atoms with Crippen LogP contribution in [-0.2, 0) is 20.9 Å². The molecule has 0 spiro atoms. The first-order valence-corrected chi connectivity index (χ1v) is 17.3. The molecule has 0 aromatic heterocycles. The van der Waals surface area contributed by atoms with E-state index >= 15 is 0 Å². The smallest absolute Gasteiger partial charge is 0.339 e. The molecule has 2 aliphatic rings. The standard InChI is InChI=1S/C33H48O3S2/c1-32(2,3)25-18-26(33(4,5)6)20-28(19-25)38(34,35)36-27-21-29(23-14-10-8-11-15-23)31(37-7)30(22-27)24-16-12-9-13-17-24/h18-24H,8-17H2,1-7H3. The second kappa shape index (κ2) is 11.6. The molecule has 38 heavy (non-hydrogen) atoms. The van der Waals surface area contributed by atoms with Gasteiger partial charge in [0.15, 0.2) is 0 Å². The van der Waals surface area contributed by atoms with E-state index in [1.807, 2.05) is 23.9 Å². The summed E-state index contributed by atoms with van der Waals surface area (Å²) in [5.74, 6) is 1.45. The molecule has 0 radical (unpaired) electrons. The van der Waals surface area contributed by atoms with E-state index < -0.39 is 10.1 Å². The van der Waals surface area contributed by atoms with Gasteiger partial charge in [-0.15, -0.1) is 11.8 Å². The third-order valence-corrected chi connectivity index (χ3v) is 10.7. The van der Waals surface area contributed by atoms with Gasteiger partial charge in [0.1, 0.15) is 10.6 Å². The maximum atomic E-state index is 13.9. The molecule has 3 nitrogen and oxygen atoms in total. The molecule has 2 fully saturated rings. The predicted molar refractivity (Wildman–Crippen MR) is 162 cm³/mol. The number of benzene rings is 2. The van der Waals surface area contributed by atoms with Gasteiger partial charge >= 0.3 is 10.1 Å². The van der Waals surface area contributed by atoms with Crippen LogP contribution in [0.4, 0.5) is 0 Å². The average Bonchev–Trinajstić information content (AvgIpc) is 2.87. The zero-order chi connectivity index (χ0) is 27.7. The highest BCUT2D eigenvalue weighted by atomic mass is 32.2. The normalized spacial score (nSPS) is 18.5. The van der Waals surface area contributed by atoms with Gasteiger partial charge in [0.2, 0.25) is 0 Å². The summed E-state index contributed by atoms with van der Waals surface area (Å²) >= 11 is 1.84. The van der Waals surface area contributed by atoms with Crippen molar-refractivity contribution in [3.63, 3.8) is 0 Å². The number of hydrogen-bond donors (Lipinski definition) is 0. The van der Waals surface area contributed by atoms with Gasteiger partial charge in [0, 0.05) is 4.90 Å². The summed E-state index contributed by atoms with van der Waals surface area (Å²) in [6.45, 7) is 12.8. The molecular formula is C33H48O3S2. The highest BCUT2D eigenvalue weighted by Crippen LogP contribution is 2.46. The van der Waals surface area contributed by atoms with Crippen molar-refractivity contribution >= 4 is 21.9 Å². The molecule has 0 aliphatic heterocycles. The topological polar surface area (TPSA) is 43.4 Å². The maximum absolute atomic E-state index is 13.9. The number of thioether (sulfide) groups is 1. The largest absolute Gasteiger partial charge is 0.379 e. The van der Waals surface area contributed by atoms with Crippen molar-refractivity contribution in [1.82, 2.24) is 0 Å². The van der Waals surface area contributed by atoms with E-state index in [-0.39, 0.29) is 15.7 Å². The minimum absolute atomic E-state index is 0.173. The van der Waals surface area contributed by atoms with Gasteiger partial charge in [-0.3, -0.25) is 0 Å². The molecule has 2 aliphatic carbocycles. The van der Waals surface area contributed by atoms with Crippen LogP contribution in [0, 0.1) is 0 Å². The summed E-state index contributed by atoms with van der Waals surface area (Å²) in [6, 6.07) is 9.89. The van der Waals surface area contributed by atoms with E-state index in [9.17, 15) is 8.42 Å². The highest BCUT2D eigenvalue weighted by Gasteiger charge is 2.29. The maximum Gasteiger partial charge on any atom is 0.339 e. The Morgan fingerprint density at radius 3 is 1.47 bits per heavy atom. The van der Waals surface area contributed by atoms with Crippen LogP contribution in [0.5, 0.6) is 5.75 Å². The van der Waals surface area contributed by atoms with E-state index in [1.54, 1.807) is 0 Å². The highest BCUT2D eigenvalue weighted by molar-refractivity contribution is 7.98. The van der Waals surface area contributed by atoms with E-state index in [4.69, 9.17) is 4.18 Å². The Bertz CT molecular complexity index is 1150. The molecule has 2 aromatic carbocycles. The van der Waals surface area contributed by atoms with Crippen LogP contribution in [-0.4, -0.2) is 14.7 Å². The molecule has 0 unspecified atom stereocenters. The van der Waals surface area contributed by atoms with Crippen molar-refractivity contribution in [2.24, 2.45) is 0 Å². The molecule has 5 heteroatoms. The van der Waals surface area contributed by atoms with Crippen molar-refractivity contribution in [3.05, 3.63) is 52.6 Å². The van der Waals surface area contributed by atoms with Crippen LogP contribution in [0.3, 0.4) is 0 Å². The SMILES string of the molecule is CSc1c(C2CCCCC2)cc(OS(=O)(=O)c2cc(C(C)(C)C)cc(C(C)(C)C)c2)cc1C1CCCCC1. The van der Waals surface area contributed by atoms with Crippen LogP contribution in [0.15, 0.2) is 40.1 Å². The Morgan fingerprint density at radius 1 is 0.684 bits per heavy atom. The molecule has 210 valence electrons. The molecule has 2 saturated carbocycles. The molecule has 0 N–H and O–H groups in total. The Kier molecular flexibility index (Phi) is 8.99. The Labute approximate surface area is 236 Å². The third kappa shape index (κ3) is 6.81. The van der Waals surface area contributed by atoms with E-state index in [2.05, 4.69) is 66.0 Å². The summed E-state index contributed by atoms with van der Waals surface area (Å²) in [5, 5.41) is 0. The van der Waals surface area contributed by atoms with E-state index in [1.165, 1.54) is 80.2 Å². The lowest BCUT2D eigenvalue weighted by Gasteiger charge is -2.30. The fourth-order valence-corrected chi connectivity index (χ4v) is 8.06. The summed E-state index contributed by atoms with van der Waals surface area (Å²) in [4.78, 5) is 1.63. The van der Waals surface area contributed by atoms with Crippen LogP contribution in [0.1, 0.15) is 140 Å². The summed E-state index contributed by atoms with van der Waals surface area (Å²) < 4.78 is 33.8. The van der Waals surface area contributed by atoms with Crippen LogP contribution < -0.4 is 4.18 Å². The molecule has 0 bridgehead atoms. The Balaban J connectivity index is 1.80. The van der Waals surface area contributed by atoms with Crippen molar-refractivity contribution in [2.45, 2.75) is 138 Å². The lowest BCUT2D eigenvalue weighted by atomic mass is 9.79. The lowest BCUT2D eigenvalue weighted by Crippen LogP contribution is -2.19. The molecule has 0 heterocycles. The van der Waals surface area contributed by atoms with Crippen molar-refractivity contribution < 1.29 is 12.6 Å². The van der Waals surface area contributed by atoms with Gasteiger partial charge in [0.25, 0.3) is 0 Å². The Hall–Kier alpha value is -1.46. The second-order valence-electron chi connectivity index (χ2n) is 13.6. The Morgan fingerprint density at radius 2 is 1.11 bits per heavy atom. The predicted octanol–water partition coefficient (Wildman–Crippen LogP) is 9.87. The first-order valence-electron chi connectivity index (χ1n) is 14.6. The quantitative estimate of drug-likeness (QED) is 0.262. The molecule has 0 saturated heterocycles. The molecule has 2 aromatic rings. The first kappa shape index (κ1) is 29.5. The van der Waals surface area contributed by atoms with E-state index in [0.717, 1.165) is 11.1 Å². The molecule has 0 amide bonds. The minimum Gasteiger partial charge on any atom is -0.379 e. The fraction of sp³-hybridized carbons (Fsp3) is 0.636. The van der Waals surface area contributed by atoms with Crippen molar-refractivity contribution in [2.75, 3.05) is 6.26 Å². The molecule has 0 atom stereocenters. The van der Waals surface area contributed by atoms with Crippen LogP contribution in [0.2, 0.25) is 0 Å². The van der Waals surface area contributed by atoms with Crippen LogP contribution in [0.25, 0.3) is 0 Å². The molecular weight excluding hydrogens is 508 g/mol. The summed E-state index contributed by atoms with van der Waals surface area (Å²) in [7, 11) is -4.00. The lowest BCUT2D eigenvalue weighted by molar-refractivity contribution is 0.424. The minimum atomic E-state index is -4.00. The van der Waals surface area contributed by atoms with Crippen LogP contribution >= 0.6 is 11.8 Å². The zero-order valence-corrected chi connectivity index (χ0v) is 26.3. The fourth-order valence-electron chi connectivity index (χ4n) is 6.15. The average molecular weight is 557 g/mol.